The van der Waals surface area contributed by atoms with Crippen molar-refractivity contribution < 1.29 is 4.42 Å². The van der Waals surface area contributed by atoms with E-state index in [1.165, 1.54) is 99.3 Å². The van der Waals surface area contributed by atoms with Crippen molar-refractivity contribution in [2.24, 2.45) is 0 Å². The highest BCUT2D eigenvalue weighted by molar-refractivity contribution is 7.06. The molecule has 0 saturated carbocycles. The first-order valence-electron chi connectivity index (χ1n) is 22.2. The molecule has 3 aliphatic heterocycles. The number of furan rings is 1. The second-order valence-corrected chi connectivity index (χ2v) is 26.1. The molecule has 0 amide bonds. The van der Waals surface area contributed by atoms with Gasteiger partial charge in [-0.05, 0) is 113 Å². The predicted molar refractivity (Wildman–Crippen MR) is 265 cm³/mol. The molecule has 0 bridgehead atoms. The summed E-state index contributed by atoms with van der Waals surface area (Å²) in [6.45, 7) is 26.1. The van der Waals surface area contributed by atoms with E-state index >= 15 is 0 Å². The molecular weight excluding hydrogens is 756 g/mol. The summed E-state index contributed by atoms with van der Waals surface area (Å²) in [7, 11) is -2.25. The van der Waals surface area contributed by atoms with Crippen LogP contribution in [0.2, 0.25) is 13.1 Å². The smallest absolute Gasteiger partial charge is 0.333 e. The molecular formula is C56H53BN2OSi. The van der Waals surface area contributed by atoms with Gasteiger partial charge in [0, 0.05) is 50.2 Å². The van der Waals surface area contributed by atoms with Crippen LogP contribution < -0.4 is 26.1 Å². The summed E-state index contributed by atoms with van der Waals surface area (Å²) in [4.78, 5) is 2.68. The van der Waals surface area contributed by atoms with E-state index in [-0.39, 0.29) is 23.1 Å². The summed E-state index contributed by atoms with van der Waals surface area (Å²) < 4.78 is 9.46. The molecule has 2 aromatic heterocycles. The predicted octanol–water partition coefficient (Wildman–Crippen LogP) is 12.6. The van der Waals surface area contributed by atoms with Crippen LogP contribution in [0.3, 0.4) is 0 Å². The number of nitrogens with zero attached hydrogens (tertiary/aromatic N) is 2. The Bertz CT molecular complexity index is 3400. The maximum atomic E-state index is 6.78. The minimum atomic E-state index is -2.25. The fourth-order valence-electron chi connectivity index (χ4n) is 11.4. The van der Waals surface area contributed by atoms with Crippen LogP contribution in [-0.2, 0) is 16.2 Å². The van der Waals surface area contributed by atoms with Gasteiger partial charge in [0.2, 0.25) is 0 Å². The number of hydrogen-bond donors (Lipinski definition) is 0. The van der Waals surface area contributed by atoms with Gasteiger partial charge in [0.15, 0.2) is 0 Å². The molecule has 5 heteroatoms. The second kappa shape index (κ2) is 11.8. The van der Waals surface area contributed by atoms with Gasteiger partial charge in [-0.25, -0.2) is 0 Å². The Hall–Kier alpha value is -5.78. The van der Waals surface area contributed by atoms with Crippen molar-refractivity contribution in [3.8, 4) is 27.9 Å². The normalized spacial score (nSPS) is 15.2. The zero-order valence-electron chi connectivity index (χ0n) is 37.4. The maximum absolute atomic E-state index is 6.78. The Labute approximate surface area is 361 Å². The van der Waals surface area contributed by atoms with E-state index in [9.17, 15) is 0 Å². The first-order chi connectivity index (χ1) is 28.9. The topological polar surface area (TPSA) is 21.3 Å². The van der Waals surface area contributed by atoms with Crippen molar-refractivity contribution >= 4 is 91.3 Å². The molecule has 3 nitrogen and oxygen atoms in total. The van der Waals surface area contributed by atoms with Crippen LogP contribution in [0.5, 0.6) is 0 Å². The molecule has 0 fully saturated rings. The average molecular weight is 809 g/mol. The molecule has 0 saturated heterocycles. The maximum Gasteiger partial charge on any atom is 0.333 e. The summed E-state index contributed by atoms with van der Waals surface area (Å²) in [5.41, 5.74) is 20.6. The number of fused-ring (bicyclic) bond motifs is 16. The molecule has 5 heterocycles. The van der Waals surface area contributed by atoms with Gasteiger partial charge in [-0.2, -0.15) is 0 Å². The molecule has 0 N–H and O–H groups in total. The van der Waals surface area contributed by atoms with Crippen LogP contribution in [0, 0.1) is 0 Å². The van der Waals surface area contributed by atoms with Gasteiger partial charge in [-0.15, -0.1) is 0 Å². The van der Waals surface area contributed by atoms with Crippen molar-refractivity contribution in [2.75, 3.05) is 4.81 Å². The summed E-state index contributed by atoms with van der Waals surface area (Å²) >= 11 is 0. The first-order valence-corrected chi connectivity index (χ1v) is 25.2. The minimum absolute atomic E-state index is 0.00579. The van der Waals surface area contributed by atoms with E-state index < -0.39 is 8.07 Å². The monoisotopic (exact) mass is 808 g/mol. The highest BCUT2D eigenvalue weighted by Crippen LogP contribution is 2.52. The van der Waals surface area contributed by atoms with E-state index in [2.05, 4.69) is 206 Å². The summed E-state index contributed by atoms with van der Waals surface area (Å²) in [6, 6.07) is 47.1. The van der Waals surface area contributed by atoms with Crippen LogP contribution in [0.25, 0.3) is 71.7 Å². The van der Waals surface area contributed by atoms with E-state index in [1.807, 2.05) is 0 Å². The van der Waals surface area contributed by atoms with Crippen molar-refractivity contribution in [3.63, 3.8) is 0 Å². The van der Waals surface area contributed by atoms with Gasteiger partial charge in [-0.3, -0.25) is 0 Å². The molecule has 0 aliphatic carbocycles. The quantitative estimate of drug-likeness (QED) is 0.154. The molecule has 0 unspecified atom stereocenters. The summed E-state index contributed by atoms with van der Waals surface area (Å²) in [5.74, 6) is 0. The number of rotatable bonds is 1. The molecule has 12 rings (SSSR count). The molecule has 61 heavy (non-hydrogen) atoms. The SMILES string of the molecule is CC(C)(C)c1ccc(N2B3c4cc(C(C)(C)C)ccc4-n4c5ccc(C(C)(C)C)cc5c5c6c(c(c3c54)-c3cc4c(cc32)oc2ccccc24)-c2ccccc2[Si]6(C)C)cc1. The van der Waals surface area contributed by atoms with Gasteiger partial charge >= 0.3 is 6.85 Å². The highest BCUT2D eigenvalue weighted by Gasteiger charge is 2.50. The van der Waals surface area contributed by atoms with E-state index in [0.717, 1.165) is 16.6 Å². The molecule has 3 aliphatic rings. The average Bonchev–Trinajstić information content (AvgIpc) is 3.83. The Kier molecular flexibility index (Phi) is 7.14. The number of hydrogen-bond acceptors (Lipinski definition) is 2. The van der Waals surface area contributed by atoms with Gasteiger partial charge in [0.25, 0.3) is 0 Å². The fourth-order valence-corrected chi connectivity index (χ4v) is 14.8. The lowest BCUT2D eigenvalue weighted by Crippen LogP contribution is -2.61. The van der Waals surface area contributed by atoms with Crippen molar-refractivity contribution in [1.82, 2.24) is 4.57 Å². The third kappa shape index (κ3) is 4.87. The Morgan fingerprint density at radius 2 is 1.20 bits per heavy atom. The third-order valence-electron chi connectivity index (χ3n) is 14.6. The summed E-state index contributed by atoms with van der Waals surface area (Å²) in [5, 5.41) is 8.28. The van der Waals surface area contributed by atoms with Crippen LogP contribution in [0.4, 0.5) is 11.4 Å². The molecule has 0 radical (unpaired) electrons. The Morgan fingerprint density at radius 3 is 1.93 bits per heavy atom. The van der Waals surface area contributed by atoms with Crippen molar-refractivity contribution in [3.05, 3.63) is 138 Å². The lowest BCUT2D eigenvalue weighted by Gasteiger charge is -2.43. The van der Waals surface area contributed by atoms with Crippen LogP contribution in [0.15, 0.2) is 126 Å². The van der Waals surface area contributed by atoms with E-state index in [4.69, 9.17) is 4.42 Å². The molecule has 0 spiro atoms. The molecule has 300 valence electrons. The van der Waals surface area contributed by atoms with Crippen molar-refractivity contribution in [2.45, 2.75) is 91.7 Å². The van der Waals surface area contributed by atoms with E-state index in [1.54, 1.807) is 5.19 Å². The lowest BCUT2D eigenvalue weighted by atomic mass is 9.43. The molecule has 9 aromatic rings. The Morgan fingerprint density at radius 1 is 0.541 bits per heavy atom. The second-order valence-electron chi connectivity index (χ2n) is 21.8. The fraction of sp³-hybridized carbons (Fsp3) is 0.250. The number of aromatic nitrogens is 1. The Balaban J connectivity index is 1.34. The first kappa shape index (κ1) is 37.0. The van der Waals surface area contributed by atoms with Crippen LogP contribution >= 0.6 is 0 Å². The van der Waals surface area contributed by atoms with E-state index in [0.29, 0.717) is 0 Å². The molecule has 0 atom stereocenters. The third-order valence-corrected chi connectivity index (χ3v) is 18.1. The largest absolute Gasteiger partial charge is 0.456 e. The zero-order valence-corrected chi connectivity index (χ0v) is 38.4. The molecule has 7 aromatic carbocycles. The van der Waals surface area contributed by atoms with Crippen molar-refractivity contribution in [1.29, 1.82) is 0 Å². The number of benzene rings is 7. The van der Waals surface area contributed by atoms with Gasteiger partial charge < -0.3 is 13.8 Å². The standard InChI is InChI=1S/C56H53BN2OSi/c1-54(2,3)32-20-24-35(25-21-32)59-44-31-46-38(36-16-12-14-18-45(36)60-46)30-40(44)48-49-37-17-13-15-19-47(37)61(10,11)53(49)50-39-28-33(55(4,5)6)22-26-42(39)58-43-27-23-34(56(7,8)9)29-41(43)57(59)51(48)52(50)58/h12-31H,1-11H3. The lowest BCUT2D eigenvalue weighted by molar-refractivity contribution is 0.590. The number of para-hydroxylation sites is 1. The van der Waals surface area contributed by atoms with Crippen LogP contribution in [0.1, 0.15) is 79.0 Å². The van der Waals surface area contributed by atoms with Crippen LogP contribution in [-0.4, -0.2) is 19.5 Å². The highest BCUT2D eigenvalue weighted by atomic mass is 28.3. The van der Waals surface area contributed by atoms with Gasteiger partial charge in [0.05, 0.1) is 11.0 Å². The zero-order chi connectivity index (χ0) is 42.3. The number of anilines is 2. The summed E-state index contributed by atoms with van der Waals surface area (Å²) in [6.07, 6.45) is 0. The van der Waals surface area contributed by atoms with Gasteiger partial charge in [0.1, 0.15) is 19.2 Å². The van der Waals surface area contributed by atoms with Gasteiger partial charge in [-0.1, -0.05) is 148 Å². The minimum Gasteiger partial charge on any atom is -0.456 e.